The Labute approximate surface area is 113 Å². The number of nitrogens with zero attached hydrogens (tertiary/aromatic N) is 2. The molecule has 1 aromatic rings. The van der Waals surface area contributed by atoms with Crippen molar-refractivity contribution >= 4 is 23.1 Å². The predicted octanol–water partition coefficient (Wildman–Crippen LogP) is 3.40. The lowest BCUT2D eigenvalue weighted by Gasteiger charge is -2.12. The van der Waals surface area contributed by atoms with E-state index in [0.29, 0.717) is 11.5 Å². The summed E-state index contributed by atoms with van der Waals surface area (Å²) in [5, 5.41) is 3.51. The first-order valence-corrected chi connectivity index (χ1v) is 7.08. The van der Waals surface area contributed by atoms with Crippen LogP contribution < -0.4 is 11.1 Å². The second-order valence-electron chi connectivity index (χ2n) is 5.06. The van der Waals surface area contributed by atoms with Gasteiger partial charge in [-0.05, 0) is 37.3 Å². The van der Waals surface area contributed by atoms with Crippen LogP contribution in [0.5, 0.6) is 0 Å². The third-order valence-electron chi connectivity index (χ3n) is 3.67. The molecule has 1 aliphatic carbocycles. The molecule has 0 aromatic carbocycles. The van der Waals surface area contributed by atoms with Gasteiger partial charge in [-0.25, -0.2) is 4.98 Å². The maximum absolute atomic E-state index is 5.91. The first-order valence-electron chi connectivity index (χ1n) is 6.70. The van der Waals surface area contributed by atoms with E-state index >= 15 is 0 Å². The smallest absolute Gasteiger partial charge is 0.224 e. The van der Waals surface area contributed by atoms with Crippen LogP contribution in [0.4, 0.5) is 11.5 Å². The summed E-state index contributed by atoms with van der Waals surface area (Å²) in [6, 6.07) is 0. The van der Waals surface area contributed by atoms with Gasteiger partial charge in [0.05, 0.1) is 11.4 Å². The topological polar surface area (TPSA) is 63.8 Å². The van der Waals surface area contributed by atoms with E-state index in [1.165, 1.54) is 32.1 Å². The molecule has 3 N–H and O–H groups in total. The van der Waals surface area contributed by atoms with Gasteiger partial charge in [-0.2, -0.15) is 4.98 Å². The van der Waals surface area contributed by atoms with E-state index in [0.717, 1.165) is 24.6 Å². The molecule has 100 valence electrons. The van der Waals surface area contributed by atoms with Crippen molar-refractivity contribution < 1.29 is 0 Å². The average molecular weight is 269 g/mol. The quantitative estimate of drug-likeness (QED) is 0.635. The summed E-state index contributed by atoms with van der Waals surface area (Å²) >= 11 is 5.82. The summed E-state index contributed by atoms with van der Waals surface area (Å²) in [4.78, 5) is 8.14. The summed E-state index contributed by atoms with van der Waals surface area (Å²) in [6.07, 6.45) is 8.08. The van der Waals surface area contributed by atoms with Crippen molar-refractivity contribution in [1.29, 1.82) is 0 Å². The molecule has 0 amide bonds. The number of nitrogens with one attached hydrogen (secondary N) is 1. The number of nitrogen functional groups attached to an aromatic ring is 1. The van der Waals surface area contributed by atoms with Crippen molar-refractivity contribution in [1.82, 2.24) is 9.97 Å². The Bertz CT molecular complexity index is 402. The van der Waals surface area contributed by atoms with Crippen molar-refractivity contribution in [2.24, 2.45) is 5.92 Å². The van der Waals surface area contributed by atoms with Crippen molar-refractivity contribution in [2.75, 3.05) is 17.6 Å². The van der Waals surface area contributed by atoms with Crippen LogP contribution in [-0.2, 0) is 0 Å². The molecule has 1 heterocycles. The summed E-state index contributed by atoms with van der Waals surface area (Å²) in [7, 11) is 0. The van der Waals surface area contributed by atoms with Gasteiger partial charge in [0.15, 0.2) is 5.82 Å². The normalized spacial score (nSPS) is 16.1. The van der Waals surface area contributed by atoms with Gasteiger partial charge >= 0.3 is 0 Å². The van der Waals surface area contributed by atoms with Crippen LogP contribution in [0.1, 0.15) is 44.2 Å². The molecule has 1 fully saturated rings. The highest BCUT2D eigenvalue weighted by atomic mass is 35.5. The van der Waals surface area contributed by atoms with Gasteiger partial charge in [-0.3, -0.25) is 0 Å². The fourth-order valence-corrected chi connectivity index (χ4v) is 2.79. The maximum atomic E-state index is 5.91. The standard InChI is InChI=1S/C13H21ClN4/c1-9-11(15)12(18-13(14)17-9)16-8-4-7-10-5-2-3-6-10/h10H,2-8,15H2,1H3,(H,16,17,18). The van der Waals surface area contributed by atoms with Crippen molar-refractivity contribution in [2.45, 2.75) is 45.4 Å². The van der Waals surface area contributed by atoms with E-state index in [-0.39, 0.29) is 5.28 Å². The van der Waals surface area contributed by atoms with Gasteiger partial charge < -0.3 is 11.1 Å². The molecule has 18 heavy (non-hydrogen) atoms. The molecular formula is C13H21ClN4. The van der Waals surface area contributed by atoms with Gasteiger partial charge in [0, 0.05) is 6.54 Å². The third kappa shape index (κ3) is 3.48. The van der Waals surface area contributed by atoms with Crippen LogP contribution in [0, 0.1) is 12.8 Å². The highest BCUT2D eigenvalue weighted by Crippen LogP contribution is 2.28. The molecule has 4 nitrogen and oxygen atoms in total. The highest BCUT2D eigenvalue weighted by molar-refractivity contribution is 6.28. The largest absolute Gasteiger partial charge is 0.394 e. The Kier molecular flexibility index (Phi) is 4.64. The number of rotatable bonds is 5. The monoisotopic (exact) mass is 268 g/mol. The first kappa shape index (κ1) is 13.4. The van der Waals surface area contributed by atoms with Gasteiger partial charge in [-0.1, -0.05) is 25.7 Å². The minimum absolute atomic E-state index is 0.250. The third-order valence-corrected chi connectivity index (χ3v) is 3.83. The van der Waals surface area contributed by atoms with E-state index in [1.807, 2.05) is 6.92 Å². The fourth-order valence-electron chi connectivity index (χ4n) is 2.58. The Balaban J connectivity index is 1.79. The van der Waals surface area contributed by atoms with Crippen LogP contribution in [0.3, 0.4) is 0 Å². The Morgan fingerprint density at radius 3 is 2.78 bits per heavy atom. The molecule has 2 rings (SSSR count). The number of aromatic nitrogens is 2. The highest BCUT2D eigenvalue weighted by Gasteiger charge is 2.14. The van der Waals surface area contributed by atoms with Crippen molar-refractivity contribution in [3.8, 4) is 0 Å². The van der Waals surface area contributed by atoms with Gasteiger partial charge in [0.2, 0.25) is 5.28 Å². The van der Waals surface area contributed by atoms with E-state index in [2.05, 4.69) is 15.3 Å². The molecule has 0 aliphatic heterocycles. The van der Waals surface area contributed by atoms with Crippen LogP contribution >= 0.6 is 11.6 Å². The molecule has 0 unspecified atom stereocenters. The molecular weight excluding hydrogens is 248 g/mol. The molecule has 0 spiro atoms. The molecule has 0 radical (unpaired) electrons. The average Bonchev–Trinajstić information content (AvgIpc) is 2.83. The van der Waals surface area contributed by atoms with E-state index in [1.54, 1.807) is 0 Å². The lowest BCUT2D eigenvalue weighted by molar-refractivity contribution is 0.491. The molecule has 1 aliphatic rings. The summed E-state index contributed by atoms with van der Waals surface area (Å²) in [5.74, 6) is 1.60. The van der Waals surface area contributed by atoms with Crippen LogP contribution in [0.25, 0.3) is 0 Å². The number of halogens is 1. The minimum Gasteiger partial charge on any atom is -0.394 e. The zero-order valence-electron chi connectivity index (χ0n) is 10.9. The molecule has 0 atom stereocenters. The zero-order chi connectivity index (χ0) is 13.0. The van der Waals surface area contributed by atoms with Crippen molar-refractivity contribution in [3.63, 3.8) is 0 Å². The van der Waals surface area contributed by atoms with Crippen LogP contribution in [0.15, 0.2) is 0 Å². The SMILES string of the molecule is Cc1nc(Cl)nc(NCCCC2CCCC2)c1N. The maximum Gasteiger partial charge on any atom is 0.224 e. The molecule has 1 aromatic heterocycles. The minimum atomic E-state index is 0.250. The number of aryl methyl sites for hydroxylation is 1. The van der Waals surface area contributed by atoms with Crippen molar-refractivity contribution in [3.05, 3.63) is 11.0 Å². The van der Waals surface area contributed by atoms with E-state index in [9.17, 15) is 0 Å². The predicted molar refractivity (Wildman–Crippen MR) is 75.9 cm³/mol. The number of nitrogens with two attached hydrogens (primary N) is 1. The van der Waals surface area contributed by atoms with Gasteiger partial charge in [0.25, 0.3) is 0 Å². The lowest BCUT2D eigenvalue weighted by atomic mass is 10.0. The van der Waals surface area contributed by atoms with Gasteiger partial charge in [-0.15, -0.1) is 0 Å². The number of hydrogen-bond acceptors (Lipinski definition) is 4. The number of anilines is 2. The molecule has 0 saturated heterocycles. The second kappa shape index (κ2) is 6.23. The Morgan fingerprint density at radius 2 is 2.06 bits per heavy atom. The summed E-state index contributed by atoms with van der Waals surface area (Å²) in [6.45, 7) is 2.74. The first-order chi connectivity index (χ1) is 8.66. The van der Waals surface area contributed by atoms with Crippen LogP contribution in [-0.4, -0.2) is 16.5 Å². The lowest BCUT2D eigenvalue weighted by Crippen LogP contribution is -2.09. The molecule has 5 heteroatoms. The van der Waals surface area contributed by atoms with E-state index in [4.69, 9.17) is 17.3 Å². The zero-order valence-corrected chi connectivity index (χ0v) is 11.6. The van der Waals surface area contributed by atoms with Crippen LogP contribution in [0.2, 0.25) is 5.28 Å². The number of hydrogen-bond donors (Lipinski definition) is 2. The second-order valence-corrected chi connectivity index (χ2v) is 5.40. The Morgan fingerprint density at radius 1 is 1.33 bits per heavy atom. The van der Waals surface area contributed by atoms with Gasteiger partial charge in [0.1, 0.15) is 0 Å². The summed E-state index contributed by atoms with van der Waals surface area (Å²) in [5.41, 5.74) is 7.24. The summed E-state index contributed by atoms with van der Waals surface area (Å²) < 4.78 is 0. The molecule has 1 saturated carbocycles. The van der Waals surface area contributed by atoms with E-state index < -0.39 is 0 Å². The molecule has 0 bridgehead atoms. The fraction of sp³-hybridized carbons (Fsp3) is 0.692. The Hall–Kier alpha value is -1.03.